The molecule has 0 aliphatic rings. The van der Waals surface area contributed by atoms with E-state index in [9.17, 15) is 9.90 Å². The van der Waals surface area contributed by atoms with Gasteiger partial charge in [-0.3, -0.25) is 0 Å². The molecule has 0 bridgehead atoms. The fraction of sp³-hybridized carbons (Fsp3) is 0.316. The summed E-state index contributed by atoms with van der Waals surface area (Å²) >= 11 is 1.62. The van der Waals surface area contributed by atoms with E-state index in [1.807, 2.05) is 44.2 Å². The van der Waals surface area contributed by atoms with Gasteiger partial charge in [0.25, 0.3) is 0 Å². The number of nitrogens with zero attached hydrogens (tertiary/aromatic N) is 2. The Morgan fingerprint density at radius 2 is 1.96 bits per heavy atom. The zero-order valence-corrected chi connectivity index (χ0v) is 15.4. The molecule has 1 atom stereocenters. The first-order valence-corrected chi connectivity index (χ1v) is 9.11. The topological polar surface area (TPSA) is 75.1 Å². The number of nitrogens with one attached hydrogen (secondary N) is 1. The van der Waals surface area contributed by atoms with Crippen molar-refractivity contribution in [3.05, 3.63) is 52.2 Å². The molecule has 6 heteroatoms. The van der Waals surface area contributed by atoms with Gasteiger partial charge in [0.1, 0.15) is 22.5 Å². The van der Waals surface area contributed by atoms with Crippen molar-refractivity contribution in [1.29, 1.82) is 0 Å². The summed E-state index contributed by atoms with van der Waals surface area (Å²) in [5.41, 5.74) is 2.08. The third-order valence-electron chi connectivity index (χ3n) is 4.28. The molecule has 1 aromatic carbocycles. The van der Waals surface area contributed by atoms with Crippen LogP contribution in [0.4, 0.5) is 5.82 Å². The Bertz CT molecular complexity index is 906. The predicted octanol–water partition coefficient (Wildman–Crippen LogP) is 3.98. The summed E-state index contributed by atoms with van der Waals surface area (Å²) in [5.74, 6) is 0.449. The molecular weight excluding hydrogens is 334 g/mol. The predicted molar refractivity (Wildman–Crippen MR) is 101 cm³/mol. The third-order valence-corrected chi connectivity index (χ3v) is 5.38. The fourth-order valence-corrected chi connectivity index (χ4v) is 3.82. The van der Waals surface area contributed by atoms with Crippen LogP contribution in [-0.2, 0) is 17.6 Å². The van der Waals surface area contributed by atoms with Crippen molar-refractivity contribution >= 4 is 33.3 Å². The molecule has 3 aromatic rings. The normalized spacial score (nSPS) is 12.3. The van der Waals surface area contributed by atoms with Crippen LogP contribution in [0, 0.1) is 13.8 Å². The van der Waals surface area contributed by atoms with Crippen LogP contribution in [0.5, 0.6) is 0 Å². The minimum absolute atomic E-state index is 0.394. The summed E-state index contributed by atoms with van der Waals surface area (Å²) in [5, 5.41) is 13.8. The second-order valence-electron chi connectivity index (χ2n) is 6.03. The van der Waals surface area contributed by atoms with Gasteiger partial charge in [-0.25, -0.2) is 14.8 Å². The number of aromatic nitrogens is 2. The number of carboxylic acids is 1. The van der Waals surface area contributed by atoms with E-state index in [0.717, 1.165) is 27.2 Å². The lowest BCUT2D eigenvalue weighted by molar-refractivity contribution is -0.137. The Labute approximate surface area is 150 Å². The van der Waals surface area contributed by atoms with Gasteiger partial charge in [0.05, 0.1) is 5.39 Å². The number of anilines is 1. The average Bonchev–Trinajstić information content (AvgIpc) is 2.89. The van der Waals surface area contributed by atoms with Gasteiger partial charge in [-0.1, -0.05) is 37.3 Å². The number of carboxylic acid groups (broad SMARTS) is 1. The summed E-state index contributed by atoms with van der Waals surface area (Å²) in [6, 6.07) is 8.88. The zero-order valence-electron chi connectivity index (χ0n) is 14.5. The van der Waals surface area contributed by atoms with E-state index >= 15 is 0 Å². The van der Waals surface area contributed by atoms with Crippen LogP contribution in [0.1, 0.15) is 28.8 Å². The van der Waals surface area contributed by atoms with Gasteiger partial charge in [-0.05, 0) is 25.0 Å². The highest BCUT2D eigenvalue weighted by Gasteiger charge is 2.22. The molecule has 1 unspecified atom stereocenters. The van der Waals surface area contributed by atoms with Crippen molar-refractivity contribution in [1.82, 2.24) is 9.97 Å². The highest BCUT2D eigenvalue weighted by molar-refractivity contribution is 7.18. The Balaban J connectivity index is 2.00. The molecule has 5 nitrogen and oxygen atoms in total. The second kappa shape index (κ2) is 7.19. The first-order valence-electron chi connectivity index (χ1n) is 8.29. The number of carbonyl (C=O) groups is 1. The Morgan fingerprint density at radius 1 is 1.24 bits per heavy atom. The van der Waals surface area contributed by atoms with Crippen molar-refractivity contribution in [2.24, 2.45) is 0 Å². The summed E-state index contributed by atoms with van der Waals surface area (Å²) in [6.07, 6.45) is 1.10. The lowest BCUT2D eigenvalue weighted by Gasteiger charge is -2.17. The van der Waals surface area contributed by atoms with Gasteiger partial charge in [0, 0.05) is 17.7 Å². The SMILES string of the molecule is CCc1nc(NC(Cc2ccccc2)C(=O)O)c2c(C)c(C)sc2n1. The molecule has 0 saturated carbocycles. The summed E-state index contributed by atoms with van der Waals surface area (Å²) in [7, 11) is 0. The molecule has 0 amide bonds. The maximum atomic E-state index is 11.8. The zero-order chi connectivity index (χ0) is 18.0. The molecule has 0 aliphatic heterocycles. The van der Waals surface area contributed by atoms with E-state index < -0.39 is 12.0 Å². The molecule has 2 aromatic heterocycles. The number of hydrogen-bond acceptors (Lipinski definition) is 5. The minimum Gasteiger partial charge on any atom is -0.480 e. The van der Waals surface area contributed by atoms with Crippen molar-refractivity contribution in [3.63, 3.8) is 0 Å². The van der Waals surface area contributed by atoms with Crippen LogP contribution < -0.4 is 5.32 Å². The maximum Gasteiger partial charge on any atom is 0.326 e. The average molecular weight is 355 g/mol. The monoisotopic (exact) mass is 355 g/mol. The highest BCUT2D eigenvalue weighted by atomic mass is 32.1. The molecule has 0 spiro atoms. The first-order chi connectivity index (χ1) is 12.0. The maximum absolute atomic E-state index is 11.8. The van der Waals surface area contributed by atoms with E-state index in [1.165, 1.54) is 4.88 Å². The van der Waals surface area contributed by atoms with Crippen molar-refractivity contribution in [3.8, 4) is 0 Å². The third kappa shape index (κ3) is 3.64. The van der Waals surface area contributed by atoms with E-state index in [4.69, 9.17) is 0 Å². The molecule has 0 fully saturated rings. The van der Waals surface area contributed by atoms with E-state index in [2.05, 4.69) is 22.2 Å². The Kier molecular flexibility index (Phi) is 4.99. The van der Waals surface area contributed by atoms with Crippen LogP contribution in [0.25, 0.3) is 10.2 Å². The molecule has 130 valence electrons. The van der Waals surface area contributed by atoms with E-state index in [-0.39, 0.29) is 0 Å². The molecule has 3 rings (SSSR count). The molecule has 0 radical (unpaired) electrons. The van der Waals surface area contributed by atoms with Gasteiger partial charge < -0.3 is 10.4 Å². The van der Waals surface area contributed by atoms with E-state index in [1.54, 1.807) is 11.3 Å². The van der Waals surface area contributed by atoms with Crippen LogP contribution >= 0.6 is 11.3 Å². The van der Waals surface area contributed by atoms with Crippen LogP contribution in [-0.4, -0.2) is 27.1 Å². The van der Waals surface area contributed by atoms with Crippen LogP contribution in [0.3, 0.4) is 0 Å². The van der Waals surface area contributed by atoms with Gasteiger partial charge in [0.2, 0.25) is 0 Å². The molecule has 25 heavy (non-hydrogen) atoms. The van der Waals surface area contributed by atoms with E-state index in [0.29, 0.717) is 18.7 Å². The standard InChI is InChI=1S/C19H21N3O2S/c1-4-15-21-17(16-11(2)12(3)25-18(16)22-15)20-14(19(23)24)10-13-8-6-5-7-9-13/h5-9,14H,4,10H2,1-3H3,(H,23,24)(H,20,21,22). The second-order valence-corrected chi connectivity index (χ2v) is 7.23. The number of hydrogen-bond donors (Lipinski definition) is 2. The first kappa shape index (κ1) is 17.4. The van der Waals surface area contributed by atoms with Gasteiger partial charge in [-0.15, -0.1) is 11.3 Å². The molecule has 0 aliphatic carbocycles. The fourth-order valence-electron chi connectivity index (χ4n) is 2.77. The van der Waals surface area contributed by atoms with Gasteiger partial charge >= 0.3 is 5.97 Å². The summed E-state index contributed by atoms with van der Waals surface area (Å²) in [4.78, 5) is 23.0. The summed E-state index contributed by atoms with van der Waals surface area (Å²) in [6.45, 7) is 6.08. The highest BCUT2D eigenvalue weighted by Crippen LogP contribution is 2.33. The smallest absolute Gasteiger partial charge is 0.326 e. The summed E-state index contributed by atoms with van der Waals surface area (Å²) < 4.78 is 0. The lowest BCUT2D eigenvalue weighted by Crippen LogP contribution is -2.32. The number of aliphatic carboxylic acids is 1. The lowest BCUT2D eigenvalue weighted by atomic mass is 10.1. The Morgan fingerprint density at radius 3 is 2.60 bits per heavy atom. The molecule has 0 saturated heterocycles. The van der Waals surface area contributed by atoms with Gasteiger partial charge in [0.15, 0.2) is 0 Å². The van der Waals surface area contributed by atoms with Crippen molar-refractivity contribution in [2.45, 2.75) is 39.7 Å². The van der Waals surface area contributed by atoms with Crippen LogP contribution in [0.2, 0.25) is 0 Å². The number of benzene rings is 1. The number of aryl methyl sites for hydroxylation is 3. The number of fused-ring (bicyclic) bond motifs is 1. The van der Waals surface area contributed by atoms with Crippen molar-refractivity contribution < 1.29 is 9.90 Å². The van der Waals surface area contributed by atoms with Crippen molar-refractivity contribution in [2.75, 3.05) is 5.32 Å². The quantitative estimate of drug-likeness (QED) is 0.699. The largest absolute Gasteiger partial charge is 0.480 e. The number of rotatable bonds is 6. The van der Waals surface area contributed by atoms with Gasteiger partial charge in [-0.2, -0.15) is 0 Å². The number of thiophene rings is 1. The molecular formula is C19H21N3O2S. The Hall–Kier alpha value is -2.47. The molecule has 2 N–H and O–H groups in total. The minimum atomic E-state index is -0.890. The molecule has 2 heterocycles. The van der Waals surface area contributed by atoms with Crippen LogP contribution in [0.15, 0.2) is 30.3 Å².